The molecule has 2 aliphatic rings. The fourth-order valence-corrected chi connectivity index (χ4v) is 3.99. The number of nitrogens with one attached hydrogen (secondary N) is 1. The van der Waals surface area contributed by atoms with E-state index in [-0.39, 0.29) is 24.0 Å². The summed E-state index contributed by atoms with van der Waals surface area (Å²) in [5.41, 5.74) is 2.61. The zero-order chi connectivity index (χ0) is 21.0. The Hall–Kier alpha value is -0.940. The fraction of sp³-hybridized carbons (Fsp3) is 0.696. The van der Waals surface area contributed by atoms with Crippen LogP contribution in [-0.2, 0) is 27.3 Å². The molecule has 0 aromatic heterocycles. The van der Waals surface area contributed by atoms with Gasteiger partial charge in [-0.15, -0.1) is 24.0 Å². The Bertz CT molecular complexity index is 655. The molecule has 0 amide bonds. The van der Waals surface area contributed by atoms with E-state index >= 15 is 0 Å². The number of morpholine rings is 1. The van der Waals surface area contributed by atoms with Gasteiger partial charge in [-0.3, -0.25) is 4.90 Å². The van der Waals surface area contributed by atoms with Gasteiger partial charge in [-0.1, -0.05) is 24.3 Å². The number of guanidine groups is 1. The van der Waals surface area contributed by atoms with Gasteiger partial charge in [0.2, 0.25) is 0 Å². The van der Waals surface area contributed by atoms with Gasteiger partial charge >= 0.3 is 0 Å². The topological polar surface area (TPSA) is 58.6 Å². The van der Waals surface area contributed by atoms with Crippen LogP contribution in [-0.4, -0.2) is 88.6 Å². The molecule has 3 rings (SSSR count). The first-order valence-electron chi connectivity index (χ1n) is 11.3. The Morgan fingerprint density at radius 2 is 2.00 bits per heavy atom. The maximum atomic E-state index is 5.73. The van der Waals surface area contributed by atoms with Crippen LogP contribution in [0.2, 0.25) is 0 Å². The molecule has 2 saturated heterocycles. The van der Waals surface area contributed by atoms with E-state index < -0.39 is 0 Å². The molecule has 1 aromatic carbocycles. The summed E-state index contributed by atoms with van der Waals surface area (Å²) >= 11 is 0. The summed E-state index contributed by atoms with van der Waals surface area (Å²) in [6.45, 7) is 12.5. The maximum absolute atomic E-state index is 5.73. The number of aliphatic imine (C=N–C) groups is 1. The number of benzene rings is 1. The lowest BCUT2D eigenvalue weighted by Crippen LogP contribution is -2.40. The quantitative estimate of drug-likeness (QED) is 0.211. The highest BCUT2D eigenvalue weighted by Gasteiger charge is 2.25. The molecular weight excluding hydrogens is 507 g/mol. The van der Waals surface area contributed by atoms with Gasteiger partial charge in [-0.2, -0.15) is 0 Å². The number of halogens is 1. The van der Waals surface area contributed by atoms with Crippen molar-refractivity contribution < 1.29 is 14.2 Å². The number of hydrogen-bond donors (Lipinski definition) is 1. The third kappa shape index (κ3) is 9.21. The zero-order valence-electron chi connectivity index (χ0n) is 19.1. The van der Waals surface area contributed by atoms with E-state index in [1.54, 1.807) is 7.11 Å². The molecular formula is C23H39IN4O3. The zero-order valence-corrected chi connectivity index (χ0v) is 21.4. The molecule has 1 unspecified atom stereocenters. The Morgan fingerprint density at radius 1 is 1.19 bits per heavy atom. The average Bonchev–Trinajstić information content (AvgIpc) is 3.24. The van der Waals surface area contributed by atoms with Crippen LogP contribution in [0.3, 0.4) is 0 Å². The minimum absolute atomic E-state index is 0. The van der Waals surface area contributed by atoms with Gasteiger partial charge in [0.25, 0.3) is 0 Å². The highest BCUT2D eigenvalue weighted by Crippen LogP contribution is 2.17. The highest BCUT2D eigenvalue weighted by atomic mass is 127. The Labute approximate surface area is 204 Å². The van der Waals surface area contributed by atoms with E-state index in [0.717, 1.165) is 71.5 Å². The van der Waals surface area contributed by atoms with Crippen LogP contribution in [0, 0.1) is 5.92 Å². The summed E-state index contributed by atoms with van der Waals surface area (Å²) in [6, 6.07) is 8.82. The Morgan fingerprint density at radius 3 is 2.77 bits per heavy atom. The lowest BCUT2D eigenvalue weighted by atomic mass is 10.1. The van der Waals surface area contributed by atoms with Crippen molar-refractivity contribution in [2.75, 3.05) is 72.9 Å². The predicted molar refractivity (Wildman–Crippen MR) is 135 cm³/mol. The molecule has 2 aliphatic heterocycles. The molecule has 0 aliphatic carbocycles. The van der Waals surface area contributed by atoms with Crippen LogP contribution in [0.1, 0.15) is 24.5 Å². The normalized spacial score (nSPS) is 20.0. The summed E-state index contributed by atoms with van der Waals surface area (Å²) in [7, 11) is 1.71. The minimum atomic E-state index is 0. The maximum Gasteiger partial charge on any atom is 0.194 e. The van der Waals surface area contributed by atoms with E-state index in [0.29, 0.717) is 25.7 Å². The highest BCUT2D eigenvalue weighted by molar-refractivity contribution is 14.0. The Kier molecular flexibility index (Phi) is 12.7. The van der Waals surface area contributed by atoms with Gasteiger partial charge in [0.05, 0.1) is 39.6 Å². The van der Waals surface area contributed by atoms with Crippen molar-refractivity contribution in [3.63, 3.8) is 0 Å². The molecule has 2 heterocycles. The third-order valence-electron chi connectivity index (χ3n) is 5.62. The van der Waals surface area contributed by atoms with Crippen molar-refractivity contribution in [2.45, 2.75) is 26.4 Å². The minimum Gasteiger partial charge on any atom is -0.382 e. The number of hydrogen-bond acceptors (Lipinski definition) is 5. The molecule has 7 nitrogen and oxygen atoms in total. The van der Waals surface area contributed by atoms with Crippen molar-refractivity contribution in [3.05, 3.63) is 35.4 Å². The van der Waals surface area contributed by atoms with Crippen LogP contribution in [0.5, 0.6) is 0 Å². The van der Waals surface area contributed by atoms with E-state index in [9.17, 15) is 0 Å². The average molecular weight is 546 g/mol. The predicted octanol–water partition coefficient (Wildman–Crippen LogP) is 2.59. The number of ether oxygens (including phenoxy) is 3. The molecule has 31 heavy (non-hydrogen) atoms. The van der Waals surface area contributed by atoms with E-state index in [1.807, 2.05) is 0 Å². The summed E-state index contributed by atoms with van der Waals surface area (Å²) in [5, 5.41) is 3.47. The van der Waals surface area contributed by atoms with Crippen LogP contribution in [0.15, 0.2) is 29.3 Å². The Balaban J connectivity index is 0.00000341. The van der Waals surface area contributed by atoms with Crippen LogP contribution < -0.4 is 5.32 Å². The van der Waals surface area contributed by atoms with Crippen molar-refractivity contribution in [1.82, 2.24) is 15.1 Å². The van der Waals surface area contributed by atoms with Gasteiger partial charge in [0.1, 0.15) is 0 Å². The molecule has 2 fully saturated rings. The molecule has 176 valence electrons. The molecule has 0 saturated carbocycles. The largest absolute Gasteiger partial charge is 0.382 e. The fourth-order valence-electron chi connectivity index (χ4n) is 3.99. The summed E-state index contributed by atoms with van der Waals surface area (Å²) in [6.07, 6.45) is 1.15. The third-order valence-corrected chi connectivity index (χ3v) is 5.62. The second kappa shape index (κ2) is 15.0. The second-order valence-electron chi connectivity index (χ2n) is 8.05. The van der Waals surface area contributed by atoms with Crippen LogP contribution in [0.4, 0.5) is 0 Å². The summed E-state index contributed by atoms with van der Waals surface area (Å²) < 4.78 is 16.2. The summed E-state index contributed by atoms with van der Waals surface area (Å²) in [5.74, 6) is 1.57. The van der Waals surface area contributed by atoms with E-state index in [1.165, 1.54) is 11.1 Å². The molecule has 8 heteroatoms. The number of rotatable bonds is 10. The molecule has 0 radical (unpaired) electrons. The first kappa shape index (κ1) is 26.3. The van der Waals surface area contributed by atoms with E-state index in [4.69, 9.17) is 19.2 Å². The van der Waals surface area contributed by atoms with Gasteiger partial charge in [-0.05, 0) is 24.5 Å². The first-order valence-corrected chi connectivity index (χ1v) is 11.3. The lowest BCUT2D eigenvalue weighted by Gasteiger charge is -2.26. The van der Waals surface area contributed by atoms with Gasteiger partial charge in [0, 0.05) is 52.3 Å². The smallest absolute Gasteiger partial charge is 0.194 e. The van der Waals surface area contributed by atoms with Gasteiger partial charge in [0.15, 0.2) is 5.96 Å². The molecule has 0 bridgehead atoms. The molecule has 1 atom stereocenters. The van der Waals surface area contributed by atoms with Gasteiger partial charge < -0.3 is 24.4 Å². The van der Waals surface area contributed by atoms with Crippen molar-refractivity contribution in [2.24, 2.45) is 10.9 Å². The SMILES string of the molecule is CCNC(=NCc1cccc(CN2CCOCC2)c1)N1CCC(COCCOC)C1.I. The van der Waals surface area contributed by atoms with Crippen LogP contribution in [0.25, 0.3) is 0 Å². The first-order chi connectivity index (χ1) is 14.8. The number of likely N-dealkylation sites (tertiary alicyclic amines) is 1. The lowest BCUT2D eigenvalue weighted by molar-refractivity contribution is 0.0342. The van der Waals surface area contributed by atoms with Crippen LogP contribution >= 0.6 is 24.0 Å². The monoisotopic (exact) mass is 546 g/mol. The summed E-state index contributed by atoms with van der Waals surface area (Å²) in [4.78, 5) is 9.75. The number of methoxy groups -OCH3 is 1. The second-order valence-corrected chi connectivity index (χ2v) is 8.05. The molecule has 1 N–H and O–H groups in total. The van der Waals surface area contributed by atoms with E-state index in [2.05, 4.69) is 46.3 Å². The van der Waals surface area contributed by atoms with Gasteiger partial charge in [-0.25, -0.2) is 4.99 Å². The molecule has 1 aromatic rings. The molecule has 0 spiro atoms. The standard InChI is InChI=1S/C23H38N4O3.HI/c1-3-24-23(27-8-7-22(18-27)19-30-14-13-28-2)25-16-20-5-4-6-21(15-20)17-26-9-11-29-12-10-26;/h4-6,15,22H,3,7-14,16-19H2,1-2H3,(H,24,25);1H. The van der Waals surface area contributed by atoms with Crippen molar-refractivity contribution >= 4 is 29.9 Å². The van der Waals surface area contributed by atoms with Crippen molar-refractivity contribution in [3.8, 4) is 0 Å². The number of nitrogens with zero attached hydrogens (tertiary/aromatic N) is 3. The van der Waals surface area contributed by atoms with Crippen molar-refractivity contribution in [1.29, 1.82) is 0 Å².